The van der Waals surface area contributed by atoms with E-state index in [4.69, 9.17) is 9.52 Å². The minimum atomic E-state index is -0.292. The fraction of sp³-hybridized carbons (Fsp3) is 0.583. The third-order valence-corrected chi connectivity index (χ3v) is 2.30. The van der Waals surface area contributed by atoms with Crippen molar-refractivity contribution in [2.45, 2.75) is 38.7 Å². The van der Waals surface area contributed by atoms with Gasteiger partial charge in [-0.15, -0.1) is 0 Å². The first-order valence-electron chi connectivity index (χ1n) is 5.65. The van der Waals surface area contributed by atoms with Gasteiger partial charge in [-0.05, 0) is 31.9 Å². The van der Waals surface area contributed by atoms with Gasteiger partial charge in [-0.25, -0.2) is 0 Å². The number of carbonyl (C=O) groups excluding carboxylic acids is 1. The van der Waals surface area contributed by atoms with Crippen molar-refractivity contribution in [3.63, 3.8) is 0 Å². The van der Waals surface area contributed by atoms with Crippen molar-refractivity contribution in [1.29, 1.82) is 0 Å². The van der Waals surface area contributed by atoms with Crippen LogP contribution in [0.15, 0.2) is 22.8 Å². The van der Waals surface area contributed by atoms with Crippen LogP contribution in [-0.2, 0) is 11.2 Å². The maximum atomic E-state index is 11.4. The molecular weight excluding hydrogens is 206 g/mol. The summed E-state index contributed by atoms with van der Waals surface area (Å²) < 4.78 is 5.13. The van der Waals surface area contributed by atoms with Crippen LogP contribution in [0.4, 0.5) is 0 Å². The highest BCUT2D eigenvalue weighted by molar-refractivity contribution is 5.75. The summed E-state index contributed by atoms with van der Waals surface area (Å²) in [5, 5.41) is 11.8. The standard InChI is InChI=1S/C12H19NO3/c1-10(14)4-2-8-13-12(15)7-6-11-5-3-9-16-11/h3,5,9-10,14H,2,4,6-8H2,1H3,(H,13,15). The molecule has 0 aliphatic rings. The molecule has 0 aliphatic carbocycles. The molecule has 1 rings (SSSR count). The molecule has 1 amide bonds. The number of carbonyl (C=O) groups is 1. The lowest BCUT2D eigenvalue weighted by molar-refractivity contribution is -0.121. The second-order valence-corrected chi connectivity index (χ2v) is 3.92. The van der Waals surface area contributed by atoms with Gasteiger partial charge in [0.25, 0.3) is 0 Å². The van der Waals surface area contributed by atoms with Crippen LogP contribution in [0.3, 0.4) is 0 Å². The fourth-order valence-electron chi connectivity index (χ4n) is 1.41. The first kappa shape index (κ1) is 12.8. The molecule has 0 fully saturated rings. The third kappa shape index (κ3) is 5.56. The second-order valence-electron chi connectivity index (χ2n) is 3.92. The van der Waals surface area contributed by atoms with Gasteiger partial charge < -0.3 is 14.8 Å². The normalized spacial score (nSPS) is 12.4. The number of aliphatic hydroxyl groups excluding tert-OH is 1. The van der Waals surface area contributed by atoms with Crippen molar-refractivity contribution >= 4 is 5.91 Å². The zero-order valence-electron chi connectivity index (χ0n) is 9.61. The van der Waals surface area contributed by atoms with Crippen LogP contribution in [0.5, 0.6) is 0 Å². The summed E-state index contributed by atoms with van der Waals surface area (Å²) in [5.74, 6) is 0.862. The molecule has 0 spiro atoms. The van der Waals surface area contributed by atoms with E-state index >= 15 is 0 Å². The van der Waals surface area contributed by atoms with E-state index in [1.165, 1.54) is 0 Å². The van der Waals surface area contributed by atoms with Crippen molar-refractivity contribution in [3.8, 4) is 0 Å². The number of rotatable bonds is 7. The SMILES string of the molecule is CC(O)CCCNC(=O)CCc1ccco1. The predicted octanol–water partition coefficient (Wildman–Crippen LogP) is 1.49. The molecule has 0 saturated carbocycles. The van der Waals surface area contributed by atoms with Crippen molar-refractivity contribution < 1.29 is 14.3 Å². The summed E-state index contributed by atoms with van der Waals surface area (Å²) in [4.78, 5) is 11.4. The average Bonchev–Trinajstić information content (AvgIpc) is 2.74. The molecule has 0 aliphatic heterocycles. The number of amides is 1. The number of hydrogen-bond acceptors (Lipinski definition) is 3. The number of nitrogens with one attached hydrogen (secondary N) is 1. The molecule has 0 aromatic carbocycles. The van der Waals surface area contributed by atoms with Gasteiger partial charge in [0, 0.05) is 19.4 Å². The summed E-state index contributed by atoms with van der Waals surface area (Å²) in [6.07, 6.45) is 3.93. The van der Waals surface area contributed by atoms with Gasteiger partial charge in [0.05, 0.1) is 12.4 Å². The minimum Gasteiger partial charge on any atom is -0.469 e. The molecule has 1 aromatic heterocycles. The van der Waals surface area contributed by atoms with E-state index in [2.05, 4.69) is 5.32 Å². The van der Waals surface area contributed by atoms with Crippen LogP contribution in [0, 0.1) is 0 Å². The van der Waals surface area contributed by atoms with Crippen LogP contribution in [-0.4, -0.2) is 23.7 Å². The molecule has 16 heavy (non-hydrogen) atoms. The molecule has 90 valence electrons. The van der Waals surface area contributed by atoms with Crippen LogP contribution in [0.2, 0.25) is 0 Å². The Hall–Kier alpha value is -1.29. The van der Waals surface area contributed by atoms with Crippen molar-refractivity contribution in [1.82, 2.24) is 5.32 Å². The summed E-state index contributed by atoms with van der Waals surface area (Å²) in [6, 6.07) is 3.68. The van der Waals surface area contributed by atoms with Crippen LogP contribution >= 0.6 is 0 Å². The molecule has 4 heteroatoms. The van der Waals surface area contributed by atoms with E-state index in [9.17, 15) is 4.79 Å². The van der Waals surface area contributed by atoms with Crippen molar-refractivity contribution in [3.05, 3.63) is 24.2 Å². The summed E-state index contributed by atoms with van der Waals surface area (Å²) in [5.41, 5.74) is 0. The number of aliphatic hydroxyl groups is 1. The molecule has 0 radical (unpaired) electrons. The van der Waals surface area contributed by atoms with Gasteiger partial charge in [0.15, 0.2) is 0 Å². The Balaban J connectivity index is 2.03. The van der Waals surface area contributed by atoms with Crippen LogP contribution in [0.25, 0.3) is 0 Å². The van der Waals surface area contributed by atoms with Gasteiger partial charge in [0.2, 0.25) is 5.91 Å². The first-order chi connectivity index (χ1) is 7.68. The van der Waals surface area contributed by atoms with E-state index < -0.39 is 0 Å². The van der Waals surface area contributed by atoms with Gasteiger partial charge in [-0.1, -0.05) is 0 Å². The van der Waals surface area contributed by atoms with Gasteiger partial charge in [-0.3, -0.25) is 4.79 Å². The number of aryl methyl sites for hydroxylation is 1. The lowest BCUT2D eigenvalue weighted by atomic mass is 10.2. The molecule has 4 nitrogen and oxygen atoms in total. The zero-order valence-corrected chi connectivity index (χ0v) is 9.61. The highest BCUT2D eigenvalue weighted by atomic mass is 16.3. The maximum absolute atomic E-state index is 11.4. The molecule has 1 heterocycles. The topological polar surface area (TPSA) is 62.5 Å². The molecule has 1 aromatic rings. The number of hydrogen-bond donors (Lipinski definition) is 2. The lowest BCUT2D eigenvalue weighted by Gasteiger charge is -2.05. The molecule has 1 unspecified atom stereocenters. The Morgan fingerprint density at radius 2 is 2.44 bits per heavy atom. The monoisotopic (exact) mass is 225 g/mol. The van der Waals surface area contributed by atoms with E-state index in [-0.39, 0.29) is 12.0 Å². The predicted molar refractivity (Wildman–Crippen MR) is 61.0 cm³/mol. The van der Waals surface area contributed by atoms with E-state index in [0.717, 1.165) is 18.6 Å². The minimum absolute atomic E-state index is 0.0296. The third-order valence-electron chi connectivity index (χ3n) is 2.30. The maximum Gasteiger partial charge on any atom is 0.220 e. The Kier molecular flexibility index (Phi) is 5.64. The lowest BCUT2D eigenvalue weighted by Crippen LogP contribution is -2.25. The summed E-state index contributed by atoms with van der Waals surface area (Å²) in [6.45, 7) is 2.38. The smallest absolute Gasteiger partial charge is 0.220 e. The Bertz CT molecular complexity index is 293. The molecule has 0 bridgehead atoms. The van der Waals surface area contributed by atoms with E-state index in [0.29, 0.717) is 19.4 Å². The largest absolute Gasteiger partial charge is 0.469 e. The summed E-state index contributed by atoms with van der Waals surface area (Å²) in [7, 11) is 0. The highest BCUT2D eigenvalue weighted by Gasteiger charge is 2.03. The quantitative estimate of drug-likeness (QED) is 0.691. The van der Waals surface area contributed by atoms with Crippen molar-refractivity contribution in [2.75, 3.05) is 6.54 Å². The first-order valence-corrected chi connectivity index (χ1v) is 5.65. The second kappa shape index (κ2) is 7.06. The molecule has 2 N–H and O–H groups in total. The highest BCUT2D eigenvalue weighted by Crippen LogP contribution is 2.03. The van der Waals surface area contributed by atoms with Crippen LogP contribution < -0.4 is 5.32 Å². The van der Waals surface area contributed by atoms with Crippen LogP contribution in [0.1, 0.15) is 31.9 Å². The Morgan fingerprint density at radius 1 is 1.62 bits per heavy atom. The number of furan rings is 1. The fourth-order valence-corrected chi connectivity index (χ4v) is 1.41. The van der Waals surface area contributed by atoms with E-state index in [1.54, 1.807) is 13.2 Å². The molecule has 0 saturated heterocycles. The van der Waals surface area contributed by atoms with Gasteiger partial charge >= 0.3 is 0 Å². The zero-order chi connectivity index (χ0) is 11.8. The van der Waals surface area contributed by atoms with Gasteiger partial charge in [-0.2, -0.15) is 0 Å². The molecular formula is C12H19NO3. The van der Waals surface area contributed by atoms with Gasteiger partial charge in [0.1, 0.15) is 5.76 Å². The average molecular weight is 225 g/mol. The Labute approximate surface area is 95.7 Å². The van der Waals surface area contributed by atoms with Crippen molar-refractivity contribution in [2.24, 2.45) is 0 Å². The molecule has 1 atom stereocenters. The Morgan fingerprint density at radius 3 is 3.06 bits per heavy atom. The summed E-state index contributed by atoms with van der Waals surface area (Å²) >= 11 is 0. The van der Waals surface area contributed by atoms with E-state index in [1.807, 2.05) is 12.1 Å².